The van der Waals surface area contributed by atoms with E-state index in [0.717, 1.165) is 0 Å². The van der Waals surface area contributed by atoms with Crippen molar-refractivity contribution in [3.63, 3.8) is 0 Å². The van der Waals surface area contributed by atoms with E-state index < -0.39 is 12.4 Å². The standard InChI is InChI=1S/C13H14F2O2/c1-3-17-13(16)9(2)7-10-5-4-6-11(8-10)12(14)15/h4-8,12H,3H2,1-2H3/b9-7+. The summed E-state index contributed by atoms with van der Waals surface area (Å²) in [5, 5.41) is 0. The van der Waals surface area contributed by atoms with Crippen LogP contribution < -0.4 is 0 Å². The van der Waals surface area contributed by atoms with Gasteiger partial charge in [0, 0.05) is 11.1 Å². The summed E-state index contributed by atoms with van der Waals surface area (Å²) in [4.78, 5) is 11.3. The lowest BCUT2D eigenvalue weighted by Gasteiger charge is -2.03. The minimum absolute atomic E-state index is 0.0598. The van der Waals surface area contributed by atoms with Crippen molar-refractivity contribution < 1.29 is 18.3 Å². The molecule has 1 aromatic rings. The Morgan fingerprint density at radius 3 is 2.76 bits per heavy atom. The van der Waals surface area contributed by atoms with Crippen LogP contribution in [0.4, 0.5) is 8.78 Å². The van der Waals surface area contributed by atoms with Crippen molar-refractivity contribution in [3.8, 4) is 0 Å². The fraction of sp³-hybridized carbons (Fsp3) is 0.308. The first-order valence-corrected chi connectivity index (χ1v) is 5.28. The maximum absolute atomic E-state index is 12.5. The summed E-state index contributed by atoms with van der Waals surface area (Å²) < 4.78 is 29.7. The summed E-state index contributed by atoms with van der Waals surface area (Å²) >= 11 is 0. The van der Waals surface area contributed by atoms with Crippen molar-refractivity contribution >= 4 is 12.0 Å². The third-order valence-corrected chi connectivity index (χ3v) is 2.14. The average Bonchev–Trinajstić information content (AvgIpc) is 2.29. The van der Waals surface area contributed by atoms with Gasteiger partial charge in [-0.05, 0) is 31.6 Å². The molecule has 1 aromatic carbocycles. The fourth-order valence-corrected chi connectivity index (χ4v) is 1.34. The van der Waals surface area contributed by atoms with E-state index >= 15 is 0 Å². The van der Waals surface area contributed by atoms with E-state index in [1.165, 1.54) is 24.3 Å². The molecule has 17 heavy (non-hydrogen) atoms. The number of carbonyl (C=O) groups is 1. The summed E-state index contributed by atoms with van der Waals surface area (Å²) in [5.41, 5.74) is 0.891. The Bertz CT molecular complexity index is 425. The van der Waals surface area contributed by atoms with Crippen molar-refractivity contribution in [2.24, 2.45) is 0 Å². The first-order valence-electron chi connectivity index (χ1n) is 5.28. The molecule has 0 atom stereocenters. The second-order valence-electron chi connectivity index (χ2n) is 3.52. The van der Waals surface area contributed by atoms with E-state index in [0.29, 0.717) is 17.7 Å². The highest BCUT2D eigenvalue weighted by Gasteiger charge is 2.08. The number of alkyl halides is 2. The van der Waals surface area contributed by atoms with Crippen molar-refractivity contribution in [2.75, 3.05) is 6.61 Å². The molecule has 0 radical (unpaired) electrons. The molecule has 0 aliphatic rings. The first-order chi connectivity index (χ1) is 8.04. The van der Waals surface area contributed by atoms with Gasteiger partial charge in [0.2, 0.25) is 0 Å². The second-order valence-corrected chi connectivity index (χ2v) is 3.52. The minimum atomic E-state index is -2.51. The van der Waals surface area contributed by atoms with Gasteiger partial charge in [-0.1, -0.05) is 18.2 Å². The zero-order valence-corrected chi connectivity index (χ0v) is 9.74. The van der Waals surface area contributed by atoms with Crippen LogP contribution in [0.5, 0.6) is 0 Å². The molecule has 2 nitrogen and oxygen atoms in total. The lowest BCUT2D eigenvalue weighted by molar-refractivity contribution is -0.138. The van der Waals surface area contributed by atoms with E-state index in [1.54, 1.807) is 19.9 Å². The van der Waals surface area contributed by atoms with Crippen LogP contribution in [0.15, 0.2) is 29.8 Å². The predicted octanol–water partition coefficient (Wildman–Crippen LogP) is 3.59. The molecule has 1 rings (SSSR count). The lowest BCUT2D eigenvalue weighted by Crippen LogP contribution is -2.04. The monoisotopic (exact) mass is 240 g/mol. The Labute approximate surface area is 98.9 Å². The molecule has 0 unspecified atom stereocenters. The molecule has 0 saturated heterocycles. The highest BCUT2D eigenvalue weighted by molar-refractivity contribution is 5.92. The van der Waals surface area contributed by atoms with E-state index in [9.17, 15) is 13.6 Å². The van der Waals surface area contributed by atoms with Crippen LogP contribution in [0.1, 0.15) is 31.4 Å². The molecule has 0 heterocycles. The summed E-state index contributed by atoms with van der Waals surface area (Å²) in [6, 6.07) is 5.90. The highest BCUT2D eigenvalue weighted by Crippen LogP contribution is 2.20. The molecule has 92 valence electrons. The van der Waals surface area contributed by atoms with Crippen LogP contribution in [0.25, 0.3) is 6.08 Å². The van der Waals surface area contributed by atoms with Gasteiger partial charge in [-0.3, -0.25) is 0 Å². The van der Waals surface area contributed by atoms with E-state index in [4.69, 9.17) is 4.74 Å². The predicted molar refractivity (Wildman–Crippen MR) is 61.7 cm³/mol. The Hall–Kier alpha value is -1.71. The SMILES string of the molecule is CCOC(=O)/C(C)=C/c1cccc(C(F)F)c1. The quantitative estimate of drug-likeness (QED) is 0.593. The van der Waals surface area contributed by atoms with Crippen LogP contribution in [-0.2, 0) is 9.53 Å². The Balaban J connectivity index is 2.90. The second kappa shape index (κ2) is 6.13. The summed E-state index contributed by atoms with van der Waals surface area (Å²) in [7, 11) is 0. The lowest BCUT2D eigenvalue weighted by atomic mass is 10.1. The van der Waals surface area contributed by atoms with Crippen LogP contribution in [0, 0.1) is 0 Å². The number of esters is 1. The number of carbonyl (C=O) groups excluding carboxylic acids is 1. The number of ether oxygens (including phenoxy) is 1. The molecule has 0 bridgehead atoms. The molecule has 0 amide bonds. The number of rotatable bonds is 4. The molecule has 0 saturated carbocycles. The van der Waals surface area contributed by atoms with Gasteiger partial charge in [-0.15, -0.1) is 0 Å². The Morgan fingerprint density at radius 1 is 1.47 bits per heavy atom. The average molecular weight is 240 g/mol. The summed E-state index contributed by atoms with van der Waals surface area (Å²) in [6.07, 6.45) is -0.976. The third-order valence-electron chi connectivity index (χ3n) is 2.14. The molecule has 0 N–H and O–H groups in total. The van der Waals surface area contributed by atoms with Gasteiger partial charge in [0.15, 0.2) is 0 Å². The van der Waals surface area contributed by atoms with Crippen molar-refractivity contribution in [1.29, 1.82) is 0 Å². The van der Waals surface area contributed by atoms with Gasteiger partial charge in [0.05, 0.1) is 6.61 Å². The minimum Gasteiger partial charge on any atom is -0.463 e. The van der Waals surface area contributed by atoms with E-state index in [1.807, 2.05) is 0 Å². The van der Waals surface area contributed by atoms with Crippen LogP contribution in [-0.4, -0.2) is 12.6 Å². The van der Waals surface area contributed by atoms with Crippen molar-refractivity contribution in [3.05, 3.63) is 41.0 Å². The maximum Gasteiger partial charge on any atom is 0.333 e. The number of halogens is 2. The topological polar surface area (TPSA) is 26.3 Å². The van der Waals surface area contributed by atoms with Crippen molar-refractivity contribution in [1.82, 2.24) is 0 Å². The molecular formula is C13H14F2O2. The molecule has 0 spiro atoms. The molecule has 0 fully saturated rings. The Kier molecular flexibility index (Phi) is 4.82. The number of hydrogen-bond acceptors (Lipinski definition) is 2. The van der Waals surface area contributed by atoms with E-state index in [2.05, 4.69) is 0 Å². The van der Waals surface area contributed by atoms with Crippen LogP contribution >= 0.6 is 0 Å². The zero-order valence-electron chi connectivity index (χ0n) is 9.74. The molecule has 4 heteroatoms. The number of hydrogen-bond donors (Lipinski definition) is 0. The summed E-state index contributed by atoms with van der Waals surface area (Å²) in [6.45, 7) is 3.59. The fourth-order valence-electron chi connectivity index (χ4n) is 1.34. The van der Waals surface area contributed by atoms with Gasteiger partial charge in [-0.2, -0.15) is 0 Å². The van der Waals surface area contributed by atoms with Crippen LogP contribution in [0.2, 0.25) is 0 Å². The van der Waals surface area contributed by atoms with E-state index in [-0.39, 0.29) is 5.56 Å². The van der Waals surface area contributed by atoms with Gasteiger partial charge in [-0.25, -0.2) is 13.6 Å². The van der Waals surface area contributed by atoms with Gasteiger partial charge in [0.25, 0.3) is 6.43 Å². The molecule has 0 aliphatic carbocycles. The first kappa shape index (κ1) is 13.4. The molecular weight excluding hydrogens is 226 g/mol. The van der Waals surface area contributed by atoms with Gasteiger partial charge in [0.1, 0.15) is 0 Å². The highest BCUT2D eigenvalue weighted by atomic mass is 19.3. The largest absolute Gasteiger partial charge is 0.463 e. The van der Waals surface area contributed by atoms with Gasteiger partial charge >= 0.3 is 5.97 Å². The van der Waals surface area contributed by atoms with Gasteiger partial charge < -0.3 is 4.74 Å². The smallest absolute Gasteiger partial charge is 0.333 e. The number of benzene rings is 1. The molecule has 0 aromatic heterocycles. The Morgan fingerprint density at radius 2 is 2.18 bits per heavy atom. The normalized spacial score (nSPS) is 11.7. The van der Waals surface area contributed by atoms with Crippen LogP contribution in [0.3, 0.4) is 0 Å². The maximum atomic E-state index is 12.5. The summed E-state index contributed by atoms with van der Waals surface area (Å²) in [5.74, 6) is -0.435. The molecule has 0 aliphatic heterocycles. The van der Waals surface area contributed by atoms with Crippen molar-refractivity contribution in [2.45, 2.75) is 20.3 Å². The zero-order chi connectivity index (χ0) is 12.8. The third kappa shape index (κ3) is 3.98.